The number of benzene rings is 2. The Morgan fingerprint density at radius 3 is 2.63 bits per heavy atom. The fourth-order valence-corrected chi connectivity index (χ4v) is 3.69. The largest absolute Gasteiger partial charge is 0.494 e. The Hall–Kier alpha value is -2.73. The molecule has 5 nitrogen and oxygen atoms in total. The van der Waals surface area contributed by atoms with Gasteiger partial charge in [-0.2, -0.15) is 4.98 Å². The molecule has 0 saturated heterocycles. The van der Waals surface area contributed by atoms with Gasteiger partial charge in [-0.25, -0.2) is 4.98 Å². The lowest BCUT2D eigenvalue weighted by atomic mass is 10.0. The Kier molecular flexibility index (Phi) is 4.90. The summed E-state index contributed by atoms with van der Waals surface area (Å²) >= 11 is 1.60. The quantitative estimate of drug-likeness (QED) is 0.360. The standard InChI is InChI=1S/C21H20N2O3S/c1-4-25-15-10-8-13(9-11-15)19-22-20-16(21(23-19)27-3)12-14-6-5-7-17(24-2)18(14)26-20/h5-11H,4,12H2,1-3H3. The van der Waals surface area contributed by atoms with Crippen LogP contribution in [0.3, 0.4) is 0 Å². The molecule has 2 aromatic carbocycles. The average Bonchev–Trinajstić information content (AvgIpc) is 2.71. The van der Waals surface area contributed by atoms with Crippen molar-refractivity contribution in [2.75, 3.05) is 20.0 Å². The average molecular weight is 380 g/mol. The molecule has 0 fully saturated rings. The topological polar surface area (TPSA) is 53.5 Å². The molecule has 6 heteroatoms. The maximum atomic E-state index is 6.15. The summed E-state index contributed by atoms with van der Waals surface area (Å²) in [7, 11) is 1.65. The van der Waals surface area contributed by atoms with Crippen molar-refractivity contribution in [1.29, 1.82) is 0 Å². The van der Waals surface area contributed by atoms with Crippen LogP contribution >= 0.6 is 11.8 Å². The summed E-state index contributed by atoms with van der Waals surface area (Å²) in [5, 5.41) is 0.928. The van der Waals surface area contributed by atoms with Crippen LogP contribution in [0.4, 0.5) is 0 Å². The lowest BCUT2D eigenvalue weighted by molar-refractivity contribution is 0.340. The summed E-state index contributed by atoms with van der Waals surface area (Å²) in [6.07, 6.45) is 2.74. The maximum Gasteiger partial charge on any atom is 0.227 e. The second kappa shape index (κ2) is 7.48. The minimum Gasteiger partial charge on any atom is -0.494 e. The second-order valence-corrected chi connectivity index (χ2v) is 6.82. The first kappa shape index (κ1) is 17.7. The molecule has 0 radical (unpaired) electrons. The number of ether oxygens (including phenoxy) is 3. The van der Waals surface area contributed by atoms with Crippen LogP contribution in [-0.4, -0.2) is 29.9 Å². The van der Waals surface area contributed by atoms with Gasteiger partial charge >= 0.3 is 0 Å². The Balaban J connectivity index is 1.76. The number of nitrogens with zero attached hydrogens (tertiary/aromatic N) is 2. The number of para-hydroxylation sites is 1. The molecule has 1 aliphatic rings. The van der Waals surface area contributed by atoms with Crippen LogP contribution in [0.5, 0.6) is 23.1 Å². The van der Waals surface area contributed by atoms with Crippen molar-refractivity contribution in [3.05, 3.63) is 53.6 Å². The molecule has 3 aromatic rings. The first-order valence-electron chi connectivity index (χ1n) is 8.75. The number of hydrogen-bond donors (Lipinski definition) is 0. The van der Waals surface area contributed by atoms with Crippen LogP contribution in [0.25, 0.3) is 11.4 Å². The van der Waals surface area contributed by atoms with Crippen LogP contribution in [0.15, 0.2) is 47.5 Å². The van der Waals surface area contributed by atoms with Gasteiger partial charge in [-0.1, -0.05) is 12.1 Å². The molecule has 0 bridgehead atoms. The van der Waals surface area contributed by atoms with Crippen molar-refractivity contribution in [2.45, 2.75) is 18.4 Å². The van der Waals surface area contributed by atoms with Gasteiger partial charge in [0.1, 0.15) is 10.8 Å². The zero-order valence-corrected chi connectivity index (χ0v) is 16.3. The van der Waals surface area contributed by atoms with Gasteiger partial charge in [0.25, 0.3) is 0 Å². The van der Waals surface area contributed by atoms with Crippen LogP contribution in [0.1, 0.15) is 18.1 Å². The molecule has 27 heavy (non-hydrogen) atoms. The summed E-state index contributed by atoms with van der Waals surface area (Å²) in [5.41, 5.74) is 3.01. The van der Waals surface area contributed by atoms with E-state index < -0.39 is 0 Å². The van der Waals surface area contributed by atoms with Crippen molar-refractivity contribution in [1.82, 2.24) is 9.97 Å². The zero-order chi connectivity index (χ0) is 18.8. The van der Waals surface area contributed by atoms with Crippen LogP contribution in [0, 0.1) is 0 Å². The monoisotopic (exact) mass is 380 g/mol. The van der Waals surface area contributed by atoms with E-state index in [0.29, 0.717) is 24.1 Å². The summed E-state index contributed by atoms with van der Waals surface area (Å²) < 4.78 is 17.1. The highest BCUT2D eigenvalue weighted by Crippen LogP contribution is 2.44. The number of thioether (sulfide) groups is 1. The molecule has 4 rings (SSSR count). The van der Waals surface area contributed by atoms with Gasteiger partial charge in [0.15, 0.2) is 17.3 Å². The summed E-state index contributed by atoms with van der Waals surface area (Å²) in [5.74, 6) is 3.51. The smallest absolute Gasteiger partial charge is 0.227 e. The molecule has 1 aromatic heterocycles. The fourth-order valence-electron chi connectivity index (χ4n) is 3.11. The predicted molar refractivity (Wildman–Crippen MR) is 106 cm³/mol. The molecule has 138 valence electrons. The second-order valence-electron chi connectivity index (χ2n) is 6.02. The van der Waals surface area contributed by atoms with Crippen LogP contribution in [0.2, 0.25) is 0 Å². The highest BCUT2D eigenvalue weighted by Gasteiger charge is 2.25. The summed E-state index contributed by atoms with van der Waals surface area (Å²) in [4.78, 5) is 9.46. The molecule has 0 saturated carbocycles. The summed E-state index contributed by atoms with van der Waals surface area (Å²) in [6.45, 7) is 2.61. The molecule has 0 unspecified atom stereocenters. The van der Waals surface area contributed by atoms with E-state index in [0.717, 1.165) is 39.6 Å². The van der Waals surface area contributed by atoms with E-state index in [9.17, 15) is 0 Å². The first-order chi connectivity index (χ1) is 13.2. The summed E-state index contributed by atoms with van der Waals surface area (Å²) in [6, 6.07) is 13.7. The van der Waals surface area contributed by atoms with Crippen LogP contribution < -0.4 is 14.2 Å². The SMILES string of the molecule is CCOc1ccc(-c2nc3c(c(SC)n2)Cc2cccc(OC)c2O3)cc1. The van der Waals surface area contributed by atoms with E-state index in [2.05, 4.69) is 0 Å². The Morgan fingerprint density at radius 2 is 1.93 bits per heavy atom. The molecule has 0 atom stereocenters. The molecular weight excluding hydrogens is 360 g/mol. The van der Waals surface area contributed by atoms with Crippen molar-refractivity contribution in [2.24, 2.45) is 0 Å². The molecule has 2 heterocycles. The van der Waals surface area contributed by atoms with Gasteiger partial charge in [-0.3, -0.25) is 0 Å². The van der Waals surface area contributed by atoms with Crippen molar-refractivity contribution < 1.29 is 14.2 Å². The van der Waals surface area contributed by atoms with Gasteiger partial charge < -0.3 is 14.2 Å². The fraction of sp³-hybridized carbons (Fsp3) is 0.238. The number of hydrogen-bond acceptors (Lipinski definition) is 6. The first-order valence-corrected chi connectivity index (χ1v) is 9.97. The van der Waals surface area contributed by atoms with Crippen LogP contribution in [-0.2, 0) is 6.42 Å². The van der Waals surface area contributed by atoms with Gasteiger partial charge in [0, 0.05) is 17.5 Å². The van der Waals surface area contributed by atoms with E-state index in [-0.39, 0.29) is 0 Å². The molecule has 0 aliphatic carbocycles. The normalized spacial score (nSPS) is 12.0. The zero-order valence-electron chi connectivity index (χ0n) is 15.5. The Labute approximate surface area is 162 Å². The van der Waals surface area contributed by atoms with E-state index in [1.54, 1.807) is 18.9 Å². The molecular formula is C21H20N2O3S. The van der Waals surface area contributed by atoms with E-state index in [1.807, 2.05) is 55.6 Å². The number of fused-ring (bicyclic) bond motifs is 2. The molecule has 0 amide bonds. The highest BCUT2D eigenvalue weighted by atomic mass is 32.2. The third kappa shape index (κ3) is 3.32. The van der Waals surface area contributed by atoms with Crippen molar-refractivity contribution in [3.63, 3.8) is 0 Å². The van der Waals surface area contributed by atoms with Gasteiger partial charge in [0.2, 0.25) is 5.88 Å². The van der Waals surface area contributed by atoms with E-state index >= 15 is 0 Å². The lowest BCUT2D eigenvalue weighted by Crippen LogP contribution is -2.09. The third-order valence-corrected chi connectivity index (χ3v) is 5.12. The van der Waals surface area contributed by atoms with Gasteiger partial charge in [0.05, 0.1) is 19.3 Å². The Morgan fingerprint density at radius 1 is 1.11 bits per heavy atom. The van der Waals surface area contributed by atoms with E-state index in [1.165, 1.54) is 0 Å². The molecule has 0 spiro atoms. The van der Waals surface area contributed by atoms with Gasteiger partial charge in [-0.05, 0) is 43.5 Å². The van der Waals surface area contributed by atoms with Gasteiger partial charge in [-0.15, -0.1) is 11.8 Å². The molecule has 1 aliphatic heterocycles. The highest BCUT2D eigenvalue weighted by molar-refractivity contribution is 7.98. The van der Waals surface area contributed by atoms with Crippen molar-refractivity contribution >= 4 is 11.8 Å². The van der Waals surface area contributed by atoms with Crippen molar-refractivity contribution in [3.8, 4) is 34.5 Å². The minimum atomic E-state index is 0.593. The molecule has 0 N–H and O–H groups in total. The lowest BCUT2D eigenvalue weighted by Gasteiger charge is -2.22. The Bertz CT molecular complexity index is 974. The van der Waals surface area contributed by atoms with E-state index in [4.69, 9.17) is 24.2 Å². The predicted octanol–water partition coefficient (Wildman–Crippen LogP) is 4.97. The number of rotatable bonds is 5. The number of aromatic nitrogens is 2. The maximum absolute atomic E-state index is 6.15. The number of methoxy groups -OCH3 is 1. The third-order valence-electron chi connectivity index (χ3n) is 4.39. The minimum absolute atomic E-state index is 0.593.